The first kappa shape index (κ1) is 39.5. The number of halogens is 1. The van der Waals surface area contributed by atoms with E-state index in [0.29, 0.717) is 18.6 Å². The number of aryl methyl sites for hydroxylation is 1. The highest BCUT2D eigenvalue weighted by molar-refractivity contribution is 7.15. The molecule has 2 heterocycles. The third-order valence-electron chi connectivity index (χ3n) is 7.76. The summed E-state index contributed by atoms with van der Waals surface area (Å²) in [5.41, 5.74) is 3.83. The summed E-state index contributed by atoms with van der Waals surface area (Å²) in [5.74, 6) is -2.05. The van der Waals surface area contributed by atoms with Crippen LogP contribution in [0.1, 0.15) is 21.6 Å². The Balaban J connectivity index is 1.81. The molecule has 1 aromatic heterocycles. The molecule has 1 saturated heterocycles. The van der Waals surface area contributed by atoms with Gasteiger partial charge in [0.05, 0.1) is 6.61 Å². The Bertz CT molecular complexity index is 1520. The molecule has 6 nitrogen and oxygen atoms in total. The fourth-order valence-corrected chi connectivity index (χ4v) is 10.7. The van der Waals surface area contributed by atoms with Gasteiger partial charge in [0.15, 0.2) is 33.3 Å². The molecule has 5 atom stereocenters. The highest BCUT2D eigenvalue weighted by Gasteiger charge is 2.59. The minimum atomic E-state index is -2.26. The standard InChI is InChI=1S/C36H57FO6SSi4/c1-25-14-17-28(22-27(25)23-30-20-21-32(44-30)26-15-18-29(37)19-16-26)36(38)35(43-48(11,12)13)34(42-47(8,9)10)33(41-46(5,6)7)31(40-36)24-39-45(2,3)4/h14-22,31,33-35,38H,23-24H2,1-13H3/t31?,33?,34?,35?,36-/m0/s1. The quantitative estimate of drug-likeness (QED) is 0.176. The molecular formula is C36H57FO6SSi4. The molecule has 1 aliphatic heterocycles. The van der Waals surface area contributed by atoms with Crippen LogP contribution in [0.3, 0.4) is 0 Å². The van der Waals surface area contributed by atoms with Crippen molar-refractivity contribution in [3.05, 3.63) is 82.0 Å². The molecule has 3 aromatic rings. The molecule has 12 heteroatoms. The molecular weight excluding hydrogens is 692 g/mol. The van der Waals surface area contributed by atoms with Crippen molar-refractivity contribution in [3.8, 4) is 10.4 Å². The first-order valence-electron chi connectivity index (χ1n) is 16.9. The van der Waals surface area contributed by atoms with Gasteiger partial charge in [0.2, 0.25) is 5.79 Å². The van der Waals surface area contributed by atoms with Gasteiger partial charge in [-0.2, -0.15) is 0 Å². The molecule has 1 N–H and O–H groups in total. The van der Waals surface area contributed by atoms with Gasteiger partial charge < -0.3 is 27.5 Å². The summed E-state index contributed by atoms with van der Waals surface area (Å²) < 4.78 is 47.7. The predicted octanol–water partition coefficient (Wildman–Crippen LogP) is 9.51. The van der Waals surface area contributed by atoms with Crippen LogP contribution in [0, 0.1) is 12.7 Å². The van der Waals surface area contributed by atoms with Gasteiger partial charge in [-0.05, 0) is 133 Å². The Morgan fingerprint density at radius 1 is 0.750 bits per heavy atom. The molecule has 1 fully saturated rings. The van der Waals surface area contributed by atoms with E-state index < -0.39 is 63.5 Å². The summed E-state index contributed by atoms with van der Waals surface area (Å²) in [4.78, 5) is 2.26. The van der Waals surface area contributed by atoms with Gasteiger partial charge in [0.25, 0.3) is 0 Å². The van der Waals surface area contributed by atoms with E-state index in [2.05, 4.69) is 110 Å². The van der Waals surface area contributed by atoms with Crippen molar-refractivity contribution in [3.63, 3.8) is 0 Å². The number of aliphatic hydroxyl groups is 1. The molecule has 0 aliphatic carbocycles. The van der Waals surface area contributed by atoms with Gasteiger partial charge in [0, 0.05) is 21.7 Å². The topological polar surface area (TPSA) is 66.4 Å². The van der Waals surface area contributed by atoms with Crippen molar-refractivity contribution in [1.29, 1.82) is 0 Å². The van der Waals surface area contributed by atoms with Gasteiger partial charge in [-0.1, -0.05) is 24.3 Å². The fourth-order valence-electron chi connectivity index (χ4n) is 5.80. The normalized spacial score (nSPS) is 24.2. The molecule has 2 aromatic carbocycles. The number of ether oxygens (including phenoxy) is 1. The van der Waals surface area contributed by atoms with Crippen LogP contribution >= 0.6 is 11.3 Å². The van der Waals surface area contributed by atoms with E-state index in [1.54, 1.807) is 11.3 Å². The van der Waals surface area contributed by atoms with Crippen LogP contribution in [-0.2, 0) is 34.6 Å². The van der Waals surface area contributed by atoms with Crippen molar-refractivity contribution < 1.29 is 31.9 Å². The summed E-state index contributed by atoms with van der Waals surface area (Å²) in [6, 6.07) is 16.9. The van der Waals surface area contributed by atoms with Gasteiger partial charge >= 0.3 is 0 Å². The van der Waals surface area contributed by atoms with E-state index in [4.69, 9.17) is 22.4 Å². The molecule has 4 unspecified atom stereocenters. The van der Waals surface area contributed by atoms with E-state index in [1.165, 1.54) is 17.0 Å². The van der Waals surface area contributed by atoms with Crippen LogP contribution < -0.4 is 0 Å². The van der Waals surface area contributed by atoms with Gasteiger partial charge in [-0.25, -0.2) is 4.39 Å². The maximum atomic E-state index is 13.5. The molecule has 0 amide bonds. The molecule has 4 rings (SSSR count). The molecule has 0 bridgehead atoms. The largest absolute Gasteiger partial charge is 0.415 e. The summed E-state index contributed by atoms with van der Waals surface area (Å²) in [5, 5.41) is 13.0. The number of benzene rings is 2. The van der Waals surface area contributed by atoms with Crippen LogP contribution in [0.2, 0.25) is 78.6 Å². The van der Waals surface area contributed by atoms with Gasteiger partial charge in [-0.15, -0.1) is 11.3 Å². The molecule has 0 radical (unpaired) electrons. The second-order valence-electron chi connectivity index (χ2n) is 16.9. The Hall–Kier alpha value is -1.30. The van der Waals surface area contributed by atoms with E-state index in [-0.39, 0.29) is 5.82 Å². The average molecular weight is 749 g/mol. The Kier molecular flexibility index (Phi) is 12.1. The summed E-state index contributed by atoms with van der Waals surface area (Å²) >= 11 is 1.69. The van der Waals surface area contributed by atoms with Gasteiger partial charge in [-0.3, -0.25) is 0 Å². The van der Waals surface area contributed by atoms with E-state index in [9.17, 15) is 9.50 Å². The fraction of sp³-hybridized carbons (Fsp3) is 0.556. The number of rotatable bonds is 13. The number of hydrogen-bond acceptors (Lipinski definition) is 7. The molecule has 48 heavy (non-hydrogen) atoms. The number of hydrogen-bond donors (Lipinski definition) is 1. The molecule has 0 spiro atoms. The summed E-state index contributed by atoms with van der Waals surface area (Å²) in [6.45, 7) is 28.2. The van der Waals surface area contributed by atoms with Crippen molar-refractivity contribution in [2.75, 3.05) is 6.61 Å². The lowest BCUT2D eigenvalue weighted by molar-refractivity contribution is -0.348. The Morgan fingerprint density at radius 2 is 1.33 bits per heavy atom. The van der Waals surface area contributed by atoms with Gasteiger partial charge in [0.1, 0.15) is 30.2 Å². The highest BCUT2D eigenvalue weighted by atomic mass is 32.1. The summed E-state index contributed by atoms with van der Waals surface area (Å²) in [7, 11) is -8.49. The lowest BCUT2D eigenvalue weighted by Gasteiger charge is -2.54. The van der Waals surface area contributed by atoms with E-state index in [1.807, 2.05) is 18.2 Å². The van der Waals surface area contributed by atoms with Crippen LogP contribution in [0.25, 0.3) is 10.4 Å². The first-order chi connectivity index (χ1) is 21.9. The maximum absolute atomic E-state index is 13.5. The zero-order chi connectivity index (χ0) is 35.9. The minimum Gasteiger partial charge on any atom is -0.415 e. The summed E-state index contributed by atoms with van der Waals surface area (Å²) in [6.07, 6.45) is -1.74. The maximum Gasteiger partial charge on any atom is 0.221 e. The number of thiophene rings is 1. The Morgan fingerprint density at radius 3 is 1.90 bits per heavy atom. The van der Waals surface area contributed by atoms with Crippen LogP contribution in [0.4, 0.5) is 4.39 Å². The minimum absolute atomic E-state index is 0.243. The van der Waals surface area contributed by atoms with E-state index >= 15 is 0 Å². The first-order valence-corrected chi connectivity index (χ1v) is 31.4. The van der Waals surface area contributed by atoms with Crippen molar-refractivity contribution in [2.24, 2.45) is 0 Å². The Labute approximate surface area is 296 Å². The van der Waals surface area contributed by atoms with Crippen LogP contribution in [0.5, 0.6) is 0 Å². The van der Waals surface area contributed by atoms with Crippen LogP contribution in [0.15, 0.2) is 54.6 Å². The van der Waals surface area contributed by atoms with Crippen molar-refractivity contribution >= 4 is 44.6 Å². The highest BCUT2D eigenvalue weighted by Crippen LogP contribution is 2.44. The lowest BCUT2D eigenvalue weighted by atomic mass is 9.86. The zero-order valence-electron chi connectivity index (χ0n) is 31.2. The molecule has 266 valence electrons. The predicted molar refractivity (Wildman–Crippen MR) is 206 cm³/mol. The molecule has 0 saturated carbocycles. The monoisotopic (exact) mass is 748 g/mol. The lowest BCUT2D eigenvalue weighted by Crippen LogP contribution is -2.69. The second-order valence-corrected chi connectivity index (χ2v) is 36.0. The third kappa shape index (κ3) is 10.8. The van der Waals surface area contributed by atoms with Crippen LogP contribution in [-0.4, -0.2) is 69.4 Å². The average Bonchev–Trinajstić information content (AvgIpc) is 3.39. The van der Waals surface area contributed by atoms with Crippen molar-refractivity contribution in [1.82, 2.24) is 0 Å². The molecule has 1 aliphatic rings. The SMILES string of the molecule is Cc1ccc([C@]2(O)OC(CO[Si](C)(C)C)C(O[Si](C)(C)C)C(O[Si](C)(C)C)C2O[Si](C)(C)C)cc1Cc1ccc(-c2ccc(F)cc2)s1. The second kappa shape index (κ2) is 14.7. The van der Waals surface area contributed by atoms with E-state index in [0.717, 1.165) is 21.6 Å². The third-order valence-corrected chi connectivity index (χ3v) is 12.9. The zero-order valence-corrected chi connectivity index (χ0v) is 36.0. The smallest absolute Gasteiger partial charge is 0.221 e. The van der Waals surface area contributed by atoms with Crippen molar-refractivity contribution in [2.45, 2.75) is 122 Å².